The van der Waals surface area contributed by atoms with Crippen LogP contribution in [0.3, 0.4) is 0 Å². The molecule has 0 aliphatic heterocycles. The van der Waals surface area contributed by atoms with E-state index in [2.05, 4.69) is 13.8 Å². The molecule has 0 amide bonds. The van der Waals surface area contributed by atoms with Gasteiger partial charge in [0.25, 0.3) is 0 Å². The standard InChI is InChI=1S/C12H18ClNO/c1-7(2)4-11(14)10-6-9(13)5-8(3)12(10)15/h5-7,11,15H,4,14H2,1-3H3. The highest BCUT2D eigenvalue weighted by Gasteiger charge is 2.14. The van der Waals surface area contributed by atoms with Crippen molar-refractivity contribution in [1.82, 2.24) is 0 Å². The van der Waals surface area contributed by atoms with Gasteiger partial charge in [-0.15, -0.1) is 0 Å². The summed E-state index contributed by atoms with van der Waals surface area (Å²) in [7, 11) is 0. The molecule has 2 nitrogen and oxygen atoms in total. The zero-order chi connectivity index (χ0) is 11.6. The summed E-state index contributed by atoms with van der Waals surface area (Å²) in [4.78, 5) is 0. The Labute approximate surface area is 96.1 Å². The van der Waals surface area contributed by atoms with Gasteiger partial charge in [-0.2, -0.15) is 0 Å². The topological polar surface area (TPSA) is 46.2 Å². The first-order chi connectivity index (χ1) is 6.91. The Morgan fingerprint density at radius 2 is 2.00 bits per heavy atom. The number of hydrogen-bond acceptors (Lipinski definition) is 2. The van der Waals surface area contributed by atoms with Crippen LogP contribution in [0, 0.1) is 12.8 Å². The van der Waals surface area contributed by atoms with Crippen LogP contribution in [0.25, 0.3) is 0 Å². The molecule has 0 heterocycles. The summed E-state index contributed by atoms with van der Waals surface area (Å²) < 4.78 is 0. The molecule has 1 atom stereocenters. The van der Waals surface area contributed by atoms with Gasteiger partial charge >= 0.3 is 0 Å². The van der Waals surface area contributed by atoms with E-state index >= 15 is 0 Å². The van der Waals surface area contributed by atoms with Crippen molar-refractivity contribution in [2.75, 3.05) is 0 Å². The molecular formula is C12H18ClNO. The Hall–Kier alpha value is -0.730. The van der Waals surface area contributed by atoms with Crippen LogP contribution >= 0.6 is 11.6 Å². The number of phenolic OH excluding ortho intramolecular Hbond substituents is 1. The van der Waals surface area contributed by atoms with Crippen molar-refractivity contribution in [2.24, 2.45) is 11.7 Å². The lowest BCUT2D eigenvalue weighted by Crippen LogP contribution is -2.13. The van der Waals surface area contributed by atoms with E-state index in [1.807, 2.05) is 6.92 Å². The molecule has 15 heavy (non-hydrogen) atoms. The highest BCUT2D eigenvalue weighted by molar-refractivity contribution is 6.30. The molecule has 0 radical (unpaired) electrons. The predicted octanol–water partition coefficient (Wildman–Crippen LogP) is 3.40. The maximum Gasteiger partial charge on any atom is 0.123 e. The molecule has 3 heteroatoms. The summed E-state index contributed by atoms with van der Waals surface area (Å²) in [6, 6.07) is 3.33. The Morgan fingerprint density at radius 3 is 2.53 bits per heavy atom. The molecule has 0 bridgehead atoms. The number of benzene rings is 1. The number of halogens is 1. The summed E-state index contributed by atoms with van der Waals surface area (Å²) in [5.74, 6) is 0.770. The molecule has 0 saturated heterocycles. The van der Waals surface area contributed by atoms with E-state index in [-0.39, 0.29) is 11.8 Å². The van der Waals surface area contributed by atoms with Crippen LogP contribution in [0.2, 0.25) is 5.02 Å². The SMILES string of the molecule is Cc1cc(Cl)cc(C(N)CC(C)C)c1O. The molecule has 0 saturated carbocycles. The molecule has 1 aromatic rings. The van der Waals surface area contributed by atoms with Crippen LogP contribution in [0.5, 0.6) is 5.75 Å². The first kappa shape index (κ1) is 12.3. The van der Waals surface area contributed by atoms with Gasteiger partial charge in [0.1, 0.15) is 5.75 Å². The normalized spacial score (nSPS) is 13.2. The summed E-state index contributed by atoms with van der Waals surface area (Å²) in [5, 5.41) is 10.5. The Kier molecular flexibility index (Phi) is 4.00. The Bertz CT molecular complexity index is 350. The first-order valence-electron chi connectivity index (χ1n) is 5.16. The van der Waals surface area contributed by atoms with Crippen LogP contribution < -0.4 is 5.73 Å². The summed E-state index contributed by atoms with van der Waals surface area (Å²) in [5.41, 5.74) is 7.53. The summed E-state index contributed by atoms with van der Waals surface area (Å²) in [6.45, 7) is 6.04. The number of rotatable bonds is 3. The average Bonchev–Trinajstić information content (AvgIpc) is 2.09. The third-order valence-electron chi connectivity index (χ3n) is 2.42. The maximum atomic E-state index is 9.87. The molecule has 0 aromatic heterocycles. The van der Waals surface area contributed by atoms with Crippen LogP contribution in [-0.2, 0) is 0 Å². The van der Waals surface area contributed by atoms with E-state index in [9.17, 15) is 5.11 Å². The van der Waals surface area contributed by atoms with E-state index in [1.54, 1.807) is 12.1 Å². The van der Waals surface area contributed by atoms with Crippen molar-refractivity contribution < 1.29 is 5.11 Å². The van der Waals surface area contributed by atoms with Gasteiger partial charge in [0.05, 0.1) is 0 Å². The first-order valence-corrected chi connectivity index (χ1v) is 5.54. The maximum absolute atomic E-state index is 9.87. The summed E-state index contributed by atoms with van der Waals surface area (Å²) >= 11 is 5.94. The van der Waals surface area contributed by atoms with Gasteiger partial charge in [0, 0.05) is 16.6 Å². The number of hydrogen-bond donors (Lipinski definition) is 2. The minimum atomic E-state index is -0.151. The molecule has 0 spiro atoms. The van der Waals surface area contributed by atoms with Gasteiger partial charge in [-0.25, -0.2) is 0 Å². The van der Waals surface area contributed by atoms with Gasteiger partial charge in [0.15, 0.2) is 0 Å². The van der Waals surface area contributed by atoms with Gasteiger partial charge in [-0.05, 0) is 37.0 Å². The van der Waals surface area contributed by atoms with Crippen molar-refractivity contribution in [1.29, 1.82) is 0 Å². The average molecular weight is 228 g/mol. The zero-order valence-corrected chi connectivity index (χ0v) is 10.2. The Morgan fingerprint density at radius 1 is 1.40 bits per heavy atom. The quantitative estimate of drug-likeness (QED) is 0.832. The minimum Gasteiger partial charge on any atom is -0.507 e. The van der Waals surface area contributed by atoms with Crippen molar-refractivity contribution in [3.8, 4) is 5.75 Å². The van der Waals surface area contributed by atoms with Crippen molar-refractivity contribution in [2.45, 2.75) is 33.2 Å². The highest BCUT2D eigenvalue weighted by Crippen LogP contribution is 2.32. The van der Waals surface area contributed by atoms with Crippen molar-refractivity contribution in [3.63, 3.8) is 0 Å². The highest BCUT2D eigenvalue weighted by atomic mass is 35.5. The van der Waals surface area contributed by atoms with E-state index < -0.39 is 0 Å². The molecule has 0 fully saturated rings. The smallest absolute Gasteiger partial charge is 0.123 e. The zero-order valence-electron chi connectivity index (χ0n) is 9.42. The van der Waals surface area contributed by atoms with Gasteiger partial charge in [0.2, 0.25) is 0 Å². The summed E-state index contributed by atoms with van der Waals surface area (Å²) in [6.07, 6.45) is 0.841. The third kappa shape index (κ3) is 3.11. The fourth-order valence-corrected chi connectivity index (χ4v) is 1.96. The molecule has 1 rings (SSSR count). The molecule has 1 aromatic carbocycles. The van der Waals surface area contributed by atoms with Crippen molar-refractivity contribution >= 4 is 11.6 Å². The van der Waals surface area contributed by atoms with E-state index in [0.29, 0.717) is 10.9 Å². The lowest BCUT2D eigenvalue weighted by Gasteiger charge is -2.17. The third-order valence-corrected chi connectivity index (χ3v) is 2.64. The molecule has 0 aliphatic carbocycles. The van der Waals surface area contributed by atoms with E-state index in [4.69, 9.17) is 17.3 Å². The number of nitrogens with two attached hydrogens (primary N) is 1. The van der Waals surface area contributed by atoms with Crippen LogP contribution in [-0.4, -0.2) is 5.11 Å². The van der Waals surface area contributed by atoms with Gasteiger partial charge in [-0.1, -0.05) is 25.4 Å². The molecule has 1 unspecified atom stereocenters. The lowest BCUT2D eigenvalue weighted by atomic mass is 9.96. The molecule has 0 aliphatic rings. The second kappa shape index (κ2) is 4.86. The van der Waals surface area contributed by atoms with Crippen LogP contribution in [0.1, 0.15) is 37.4 Å². The Balaban J connectivity index is 3.02. The number of aromatic hydroxyl groups is 1. The van der Waals surface area contributed by atoms with E-state index in [0.717, 1.165) is 17.5 Å². The molecule has 84 valence electrons. The number of aryl methyl sites for hydroxylation is 1. The largest absolute Gasteiger partial charge is 0.507 e. The van der Waals surface area contributed by atoms with Crippen molar-refractivity contribution in [3.05, 3.63) is 28.3 Å². The molecule has 3 N–H and O–H groups in total. The number of phenols is 1. The second-order valence-corrected chi connectivity index (χ2v) is 4.83. The monoisotopic (exact) mass is 227 g/mol. The van der Waals surface area contributed by atoms with Gasteiger partial charge < -0.3 is 10.8 Å². The fourth-order valence-electron chi connectivity index (χ4n) is 1.68. The fraction of sp³-hybridized carbons (Fsp3) is 0.500. The second-order valence-electron chi connectivity index (χ2n) is 4.40. The predicted molar refractivity (Wildman–Crippen MR) is 64.2 cm³/mol. The lowest BCUT2D eigenvalue weighted by molar-refractivity contribution is 0.442. The molecular weight excluding hydrogens is 210 g/mol. The minimum absolute atomic E-state index is 0.151. The van der Waals surface area contributed by atoms with E-state index in [1.165, 1.54) is 0 Å². The van der Waals surface area contributed by atoms with Crippen LogP contribution in [0.15, 0.2) is 12.1 Å². The van der Waals surface area contributed by atoms with Gasteiger partial charge in [-0.3, -0.25) is 0 Å². The van der Waals surface area contributed by atoms with Crippen LogP contribution in [0.4, 0.5) is 0 Å².